The Hall–Kier alpha value is -6.85. The highest BCUT2D eigenvalue weighted by molar-refractivity contribution is 6.10. The Labute approximate surface area is 287 Å². The number of nitrogens with zero attached hydrogens (tertiary/aromatic N) is 4. The van der Waals surface area contributed by atoms with Crippen LogP contribution in [0.2, 0.25) is 0 Å². The topological polar surface area (TPSA) is 56.7 Å². The Bertz CT molecular complexity index is 2760. The fourth-order valence-corrected chi connectivity index (χ4v) is 7.12. The average molecular weight is 641 g/mol. The third-order valence-electron chi connectivity index (χ3n) is 9.46. The highest BCUT2D eigenvalue weighted by Crippen LogP contribution is 2.39. The highest BCUT2D eigenvalue weighted by atomic mass is 16.3. The Morgan fingerprint density at radius 2 is 0.820 bits per heavy atom. The maximum Gasteiger partial charge on any atom is 0.164 e. The number of hydrogen-bond donors (Lipinski definition) is 0. The van der Waals surface area contributed by atoms with Crippen LogP contribution in [-0.4, -0.2) is 19.5 Å². The number of fused-ring (bicyclic) bond motifs is 6. The molecule has 0 bridgehead atoms. The summed E-state index contributed by atoms with van der Waals surface area (Å²) in [6.07, 6.45) is 0. The molecule has 3 aromatic heterocycles. The van der Waals surface area contributed by atoms with Gasteiger partial charge in [0.25, 0.3) is 0 Å². The van der Waals surface area contributed by atoms with E-state index in [0.29, 0.717) is 17.5 Å². The van der Waals surface area contributed by atoms with E-state index in [4.69, 9.17) is 19.4 Å². The second kappa shape index (κ2) is 11.4. The van der Waals surface area contributed by atoms with Crippen molar-refractivity contribution in [3.63, 3.8) is 0 Å². The van der Waals surface area contributed by atoms with Crippen molar-refractivity contribution in [2.75, 3.05) is 0 Å². The van der Waals surface area contributed by atoms with E-state index < -0.39 is 0 Å². The van der Waals surface area contributed by atoms with E-state index in [-0.39, 0.29) is 0 Å². The summed E-state index contributed by atoms with van der Waals surface area (Å²) in [5, 5.41) is 4.53. The SMILES string of the molecule is c1ccc(-c2nc(-c3ccccc3)nc(-c3ccc4oc5ccc(-c6ccccc6-n6c7ccccc7c7ccccc76)cc5c4c3)n2)cc1. The quantitative estimate of drug-likeness (QED) is 0.188. The van der Waals surface area contributed by atoms with Gasteiger partial charge in [-0.2, -0.15) is 0 Å². The molecule has 0 aliphatic rings. The summed E-state index contributed by atoms with van der Waals surface area (Å²) >= 11 is 0. The highest BCUT2D eigenvalue weighted by Gasteiger charge is 2.18. The van der Waals surface area contributed by atoms with Crippen molar-refractivity contribution in [1.82, 2.24) is 19.5 Å². The van der Waals surface area contributed by atoms with Gasteiger partial charge >= 0.3 is 0 Å². The van der Waals surface area contributed by atoms with E-state index in [1.165, 1.54) is 21.8 Å². The second-order valence-electron chi connectivity index (χ2n) is 12.4. The first kappa shape index (κ1) is 28.2. The largest absolute Gasteiger partial charge is 0.456 e. The van der Waals surface area contributed by atoms with Crippen molar-refractivity contribution in [2.24, 2.45) is 0 Å². The molecular weight excluding hydrogens is 613 g/mol. The number of aromatic nitrogens is 4. The van der Waals surface area contributed by atoms with E-state index in [9.17, 15) is 0 Å². The number of hydrogen-bond acceptors (Lipinski definition) is 4. The standard InChI is InChI=1S/C45H28N4O/c1-3-13-29(14-4-1)43-46-44(30-15-5-2-6-16-30)48-45(47-43)32-24-26-42-37(28-32)36-27-31(23-25-41(36)50-42)33-17-7-10-20-38(33)49-39-21-11-8-18-34(39)35-19-9-12-22-40(35)49/h1-28H. The molecule has 234 valence electrons. The summed E-state index contributed by atoms with van der Waals surface area (Å²) in [4.78, 5) is 14.8. The normalized spacial score (nSPS) is 11.6. The van der Waals surface area contributed by atoms with Gasteiger partial charge in [0.05, 0.1) is 16.7 Å². The van der Waals surface area contributed by atoms with Gasteiger partial charge in [-0.05, 0) is 54.1 Å². The zero-order valence-electron chi connectivity index (χ0n) is 26.9. The lowest BCUT2D eigenvalue weighted by molar-refractivity contribution is 0.669. The zero-order valence-corrected chi connectivity index (χ0v) is 26.9. The lowest BCUT2D eigenvalue weighted by atomic mass is 10.00. The minimum atomic E-state index is 0.613. The number of benzene rings is 7. The molecule has 10 rings (SSSR count). The summed E-state index contributed by atoms with van der Waals surface area (Å²) in [5.74, 6) is 1.88. The van der Waals surface area contributed by atoms with Crippen molar-refractivity contribution in [3.8, 4) is 51.0 Å². The van der Waals surface area contributed by atoms with Crippen molar-refractivity contribution < 1.29 is 4.42 Å². The molecule has 0 saturated heterocycles. The Balaban J connectivity index is 1.14. The minimum Gasteiger partial charge on any atom is -0.456 e. The van der Waals surface area contributed by atoms with Crippen LogP contribution >= 0.6 is 0 Å². The molecule has 0 N–H and O–H groups in total. The van der Waals surface area contributed by atoms with Crippen LogP contribution in [0.15, 0.2) is 174 Å². The molecule has 10 aromatic rings. The summed E-state index contributed by atoms with van der Waals surface area (Å²) in [6, 6.07) is 58.7. The molecule has 5 heteroatoms. The van der Waals surface area contributed by atoms with Gasteiger partial charge in [-0.1, -0.05) is 121 Å². The third-order valence-corrected chi connectivity index (χ3v) is 9.46. The molecular formula is C45H28N4O. The molecule has 3 heterocycles. The molecule has 0 spiro atoms. The van der Waals surface area contributed by atoms with Gasteiger partial charge in [0.1, 0.15) is 11.2 Å². The van der Waals surface area contributed by atoms with E-state index >= 15 is 0 Å². The van der Waals surface area contributed by atoms with Gasteiger partial charge < -0.3 is 8.98 Å². The third kappa shape index (κ3) is 4.60. The van der Waals surface area contributed by atoms with Crippen LogP contribution in [0.1, 0.15) is 0 Å². The molecule has 7 aromatic carbocycles. The van der Waals surface area contributed by atoms with Crippen LogP contribution in [0.3, 0.4) is 0 Å². The Kier molecular flexibility index (Phi) is 6.42. The fraction of sp³-hybridized carbons (Fsp3) is 0. The van der Waals surface area contributed by atoms with E-state index in [1.807, 2.05) is 72.8 Å². The molecule has 0 aliphatic heterocycles. The molecule has 0 atom stereocenters. The molecule has 0 radical (unpaired) electrons. The molecule has 0 fully saturated rings. The van der Waals surface area contributed by atoms with Crippen LogP contribution in [0, 0.1) is 0 Å². The second-order valence-corrected chi connectivity index (χ2v) is 12.4. The zero-order chi connectivity index (χ0) is 33.0. The maximum atomic E-state index is 6.38. The number of rotatable bonds is 5. The number of furan rings is 1. The van der Waals surface area contributed by atoms with Crippen LogP contribution in [0.4, 0.5) is 0 Å². The summed E-state index contributed by atoms with van der Waals surface area (Å²) in [7, 11) is 0. The maximum absolute atomic E-state index is 6.38. The van der Waals surface area contributed by atoms with Gasteiger partial charge in [0.15, 0.2) is 17.5 Å². The lowest BCUT2D eigenvalue weighted by Crippen LogP contribution is -2.00. The van der Waals surface area contributed by atoms with Crippen LogP contribution in [0.25, 0.3) is 94.7 Å². The van der Waals surface area contributed by atoms with Gasteiger partial charge in [0, 0.05) is 43.8 Å². The summed E-state index contributed by atoms with van der Waals surface area (Å²) in [5.41, 5.74) is 10.2. The van der Waals surface area contributed by atoms with Gasteiger partial charge in [-0.15, -0.1) is 0 Å². The van der Waals surface area contributed by atoms with Gasteiger partial charge in [-0.3, -0.25) is 0 Å². The Morgan fingerprint density at radius 3 is 1.42 bits per heavy atom. The minimum absolute atomic E-state index is 0.613. The molecule has 0 unspecified atom stereocenters. The smallest absolute Gasteiger partial charge is 0.164 e. The molecule has 0 saturated carbocycles. The van der Waals surface area contributed by atoms with E-state index in [1.54, 1.807) is 0 Å². The first-order valence-electron chi connectivity index (χ1n) is 16.7. The number of para-hydroxylation sites is 3. The van der Waals surface area contributed by atoms with Crippen LogP contribution < -0.4 is 0 Å². The van der Waals surface area contributed by atoms with E-state index in [0.717, 1.165) is 55.4 Å². The molecule has 0 amide bonds. The first-order chi connectivity index (χ1) is 24.8. The first-order valence-corrected chi connectivity index (χ1v) is 16.7. The van der Waals surface area contributed by atoms with Crippen LogP contribution in [0.5, 0.6) is 0 Å². The summed E-state index contributed by atoms with van der Waals surface area (Å²) in [6.45, 7) is 0. The monoisotopic (exact) mass is 640 g/mol. The Morgan fingerprint density at radius 1 is 0.360 bits per heavy atom. The van der Waals surface area contributed by atoms with Crippen LogP contribution in [-0.2, 0) is 0 Å². The van der Waals surface area contributed by atoms with Crippen molar-refractivity contribution in [2.45, 2.75) is 0 Å². The van der Waals surface area contributed by atoms with Gasteiger partial charge in [0.2, 0.25) is 0 Å². The molecule has 5 nitrogen and oxygen atoms in total. The summed E-state index contributed by atoms with van der Waals surface area (Å²) < 4.78 is 8.76. The van der Waals surface area contributed by atoms with Crippen molar-refractivity contribution in [3.05, 3.63) is 170 Å². The van der Waals surface area contributed by atoms with Gasteiger partial charge in [-0.25, -0.2) is 15.0 Å². The average Bonchev–Trinajstić information content (AvgIpc) is 3.73. The van der Waals surface area contributed by atoms with Crippen molar-refractivity contribution in [1.29, 1.82) is 0 Å². The fourth-order valence-electron chi connectivity index (χ4n) is 7.12. The van der Waals surface area contributed by atoms with E-state index in [2.05, 4.69) is 102 Å². The molecule has 0 aliphatic carbocycles. The lowest BCUT2D eigenvalue weighted by Gasteiger charge is -2.14. The predicted molar refractivity (Wildman–Crippen MR) is 203 cm³/mol. The molecule has 50 heavy (non-hydrogen) atoms. The van der Waals surface area contributed by atoms with Crippen molar-refractivity contribution >= 4 is 43.7 Å². The predicted octanol–water partition coefficient (Wildman–Crippen LogP) is 11.5.